The fourth-order valence-corrected chi connectivity index (χ4v) is 2.96. The van der Waals surface area contributed by atoms with E-state index < -0.39 is 0 Å². The van der Waals surface area contributed by atoms with E-state index in [4.69, 9.17) is 0 Å². The molecule has 1 N–H and O–H groups in total. The fourth-order valence-electron chi connectivity index (χ4n) is 2.96. The van der Waals surface area contributed by atoms with Crippen LogP contribution in [-0.4, -0.2) is 0 Å². The Morgan fingerprint density at radius 3 is 2.38 bits per heavy atom. The first kappa shape index (κ1) is 12.2. The zero-order valence-corrected chi connectivity index (χ0v) is 11.4. The summed E-state index contributed by atoms with van der Waals surface area (Å²) in [6, 6.07) is 21.3. The number of benzene rings is 3. The molecule has 1 aliphatic rings. The second-order valence-corrected chi connectivity index (χ2v) is 5.30. The van der Waals surface area contributed by atoms with Crippen molar-refractivity contribution in [3.05, 3.63) is 83.7 Å². The molecule has 0 bridgehead atoms. The minimum atomic E-state index is -0.216. The normalized spacial score (nSPS) is 11.9. The average Bonchev–Trinajstić information content (AvgIpc) is 2.89. The molecule has 0 atom stereocenters. The lowest BCUT2D eigenvalue weighted by molar-refractivity contribution is 0.628. The Hall–Kier alpha value is -2.61. The highest BCUT2D eigenvalue weighted by atomic mass is 19.1. The fraction of sp³-hybridized carbons (Fsp3) is 0.0526. The highest BCUT2D eigenvalue weighted by Crippen LogP contribution is 2.40. The van der Waals surface area contributed by atoms with Gasteiger partial charge in [0.25, 0.3) is 0 Å². The maximum absolute atomic E-state index is 13.0. The summed E-state index contributed by atoms with van der Waals surface area (Å²) >= 11 is 0. The zero-order chi connectivity index (χ0) is 14.2. The number of anilines is 2. The number of hydrogen-bond donors (Lipinski definition) is 1. The second kappa shape index (κ2) is 4.74. The zero-order valence-electron chi connectivity index (χ0n) is 11.4. The van der Waals surface area contributed by atoms with Gasteiger partial charge in [-0.1, -0.05) is 36.4 Å². The lowest BCUT2D eigenvalue weighted by Gasteiger charge is -2.11. The van der Waals surface area contributed by atoms with Crippen LogP contribution in [0.5, 0.6) is 0 Å². The van der Waals surface area contributed by atoms with Crippen LogP contribution in [0.15, 0.2) is 66.7 Å². The number of fused-ring (bicyclic) bond motifs is 3. The van der Waals surface area contributed by atoms with Gasteiger partial charge in [-0.25, -0.2) is 4.39 Å². The first-order valence-corrected chi connectivity index (χ1v) is 7.04. The van der Waals surface area contributed by atoms with Crippen LogP contribution in [0.4, 0.5) is 15.8 Å². The van der Waals surface area contributed by atoms with E-state index in [2.05, 4.69) is 47.8 Å². The van der Waals surface area contributed by atoms with E-state index in [-0.39, 0.29) is 5.82 Å². The van der Waals surface area contributed by atoms with Gasteiger partial charge in [0.1, 0.15) is 5.82 Å². The van der Waals surface area contributed by atoms with Gasteiger partial charge in [-0.2, -0.15) is 0 Å². The Balaban J connectivity index is 1.74. The Morgan fingerprint density at radius 1 is 0.762 bits per heavy atom. The van der Waals surface area contributed by atoms with E-state index in [0.29, 0.717) is 0 Å². The molecule has 1 aliphatic carbocycles. The van der Waals surface area contributed by atoms with Crippen molar-refractivity contribution < 1.29 is 4.39 Å². The van der Waals surface area contributed by atoms with E-state index in [1.807, 2.05) is 0 Å². The van der Waals surface area contributed by atoms with Gasteiger partial charge in [0.2, 0.25) is 0 Å². The van der Waals surface area contributed by atoms with Crippen molar-refractivity contribution in [3.8, 4) is 11.1 Å². The molecule has 4 rings (SSSR count). The van der Waals surface area contributed by atoms with Crippen LogP contribution >= 0.6 is 0 Å². The first-order valence-electron chi connectivity index (χ1n) is 7.04. The predicted molar refractivity (Wildman–Crippen MR) is 84.4 cm³/mol. The molecule has 0 aromatic heterocycles. The molecule has 0 radical (unpaired) electrons. The topological polar surface area (TPSA) is 12.0 Å². The molecule has 3 aromatic carbocycles. The molecule has 0 unspecified atom stereocenters. The van der Waals surface area contributed by atoms with Gasteiger partial charge in [-0.05, 0) is 52.6 Å². The molecule has 21 heavy (non-hydrogen) atoms. The Bertz CT molecular complexity index is 806. The minimum Gasteiger partial charge on any atom is -0.355 e. The summed E-state index contributed by atoms with van der Waals surface area (Å²) in [7, 11) is 0. The average molecular weight is 275 g/mol. The lowest BCUT2D eigenvalue weighted by atomic mass is 10.0. The predicted octanol–water partition coefficient (Wildman–Crippen LogP) is 5.14. The summed E-state index contributed by atoms with van der Waals surface area (Å²) in [4.78, 5) is 0. The van der Waals surface area contributed by atoms with Crippen LogP contribution in [0, 0.1) is 5.82 Å². The summed E-state index contributed by atoms with van der Waals surface area (Å²) in [6.07, 6.45) is 0.940. The van der Waals surface area contributed by atoms with Crippen LogP contribution in [0.1, 0.15) is 11.1 Å². The molecule has 2 heteroatoms. The van der Waals surface area contributed by atoms with Gasteiger partial charge in [0.15, 0.2) is 0 Å². The Labute approximate surface area is 123 Å². The second-order valence-electron chi connectivity index (χ2n) is 5.30. The molecule has 102 valence electrons. The van der Waals surface area contributed by atoms with Crippen molar-refractivity contribution in [3.63, 3.8) is 0 Å². The maximum atomic E-state index is 13.0. The van der Waals surface area contributed by atoms with Gasteiger partial charge in [-0.3, -0.25) is 0 Å². The van der Waals surface area contributed by atoms with Crippen LogP contribution in [0.25, 0.3) is 11.1 Å². The van der Waals surface area contributed by atoms with Crippen molar-refractivity contribution in [1.82, 2.24) is 0 Å². The van der Waals surface area contributed by atoms with Crippen molar-refractivity contribution in [2.24, 2.45) is 0 Å². The Kier molecular flexibility index (Phi) is 2.74. The van der Waals surface area contributed by atoms with Crippen LogP contribution in [0.3, 0.4) is 0 Å². The SMILES string of the molecule is Fc1ccc(Nc2cccc3c2Cc2ccccc2-3)cc1. The molecular formula is C19H14FN. The molecule has 3 aromatic rings. The van der Waals surface area contributed by atoms with Gasteiger partial charge in [0, 0.05) is 17.8 Å². The third kappa shape index (κ3) is 2.09. The summed E-state index contributed by atoms with van der Waals surface area (Å²) in [6.45, 7) is 0. The van der Waals surface area contributed by atoms with Crippen LogP contribution in [0.2, 0.25) is 0 Å². The quantitative estimate of drug-likeness (QED) is 0.534. The van der Waals surface area contributed by atoms with Crippen LogP contribution in [-0.2, 0) is 6.42 Å². The number of nitrogens with one attached hydrogen (secondary N) is 1. The van der Waals surface area contributed by atoms with Crippen molar-refractivity contribution >= 4 is 11.4 Å². The van der Waals surface area contributed by atoms with E-state index in [1.54, 1.807) is 12.1 Å². The molecule has 0 amide bonds. The van der Waals surface area contributed by atoms with Crippen molar-refractivity contribution in [2.75, 3.05) is 5.32 Å². The molecule has 0 saturated carbocycles. The van der Waals surface area contributed by atoms with E-state index >= 15 is 0 Å². The molecule has 1 nitrogen and oxygen atoms in total. The molecule has 0 spiro atoms. The largest absolute Gasteiger partial charge is 0.355 e. The smallest absolute Gasteiger partial charge is 0.123 e. The van der Waals surface area contributed by atoms with Gasteiger partial charge >= 0.3 is 0 Å². The third-order valence-corrected chi connectivity index (χ3v) is 3.97. The first-order chi connectivity index (χ1) is 10.3. The highest BCUT2D eigenvalue weighted by Gasteiger charge is 2.20. The number of hydrogen-bond acceptors (Lipinski definition) is 1. The van der Waals surface area contributed by atoms with E-state index in [0.717, 1.165) is 17.8 Å². The third-order valence-electron chi connectivity index (χ3n) is 3.97. The Morgan fingerprint density at radius 2 is 1.52 bits per heavy atom. The van der Waals surface area contributed by atoms with Gasteiger partial charge in [0.05, 0.1) is 0 Å². The lowest BCUT2D eigenvalue weighted by Crippen LogP contribution is -1.95. The van der Waals surface area contributed by atoms with Crippen molar-refractivity contribution in [2.45, 2.75) is 6.42 Å². The summed E-state index contributed by atoms with van der Waals surface area (Å²) in [5.41, 5.74) is 7.27. The summed E-state index contributed by atoms with van der Waals surface area (Å²) < 4.78 is 13.0. The molecular weight excluding hydrogens is 261 g/mol. The van der Waals surface area contributed by atoms with Crippen molar-refractivity contribution in [1.29, 1.82) is 0 Å². The van der Waals surface area contributed by atoms with E-state index in [9.17, 15) is 4.39 Å². The van der Waals surface area contributed by atoms with Gasteiger partial charge < -0.3 is 5.32 Å². The van der Waals surface area contributed by atoms with E-state index in [1.165, 1.54) is 34.4 Å². The summed E-state index contributed by atoms with van der Waals surface area (Å²) in [5.74, 6) is -0.216. The minimum absolute atomic E-state index is 0.216. The number of rotatable bonds is 2. The molecule has 0 saturated heterocycles. The highest BCUT2D eigenvalue weighted by molar-refractivity contribution is 5.83. The van der Waals surface area contributed by atoms with Gasteiger partial charge in [-0.15, -0.1) is 0 Å². The monoisotopic (exact) mass is 275 g/mol. The molecule has 0 heterocycles. The number of halogens is 1. The molecule has 0 fully saturated rings. The standard InChI is InChI=1S/C19H14FN/c20-14-8-10-15(11-9-14)21-19-7-3-6-17-16-5-2-1-4-13(16)12-18(17)19/h1-11,21H,12H2. The van der Waals surface area contributed by atoms with Crippen LogP contribution < -0.4 is 5.32 Å². The molecule has 0 aliphatic heterocycles. The summed E-state index contributed by atoms with van der Waals surface area (Å²) in [5, 5.41) is 3.40. The maximum Gasteiger partial charge on any atom is 0.123 e.